The number of hydrogen-bond acceptors (Lipinski definition) is 5. The molecule has 1 fully saturated rings. The highest BCUT2D eigenvalue weighted by atomic mass is 35.5. The summed E-state index contributed by atoms with van der Waals surface area (Å²) in [5, 5.41) is 10.3. The third-order valence-corrected chi connectivity index (χ3v) is 7.27. The predicted molar refractivity (Wildman–Crippen MR) is 134 cm³/mol. The van der Waals surface area contributed by atoms with E-state index in [1.165, 1.54) is 32.2 Å². The zero-order chi connectivity index (χ0) is 26.7. The van der Waals surface area contributed by atoms with Crippen LogP contribution in [0.4, 0.5) is 19.0 Å². The molecule has 2 N–H and O–H groups in total. The number of ether oxygens (including phenoxy) is 1. The van der Waals surface area contributed by atoms with Crippen molar-refractivity contribution in [3.63, 3.8) is 0 Å². The Labute approximate surface area is 215 Å². The Kier molecular flexibility index (Phi) is 8.80. The lowest BCUT2D eigenvalue weighted by Crippen LogP contribution is -2.38. The fraction of sp³-hybridized carbons (Fsp3) is 0.640. The average Bonchev–Trinajstić information content (AvgIpc) is 3.17. The number of amides is 1. The smallest absolute Gasteiger partial charge is 0.395 e. The first-order valence-corrected chi connectivity index (χ1v) is 12.6. The van der Waals surface area contributed by atoms with Crippen LogP contribution >= 0.6 is 11.6 Å². The van der Waals surface area contributed by atoms with Crippen molar-refractivity contribution in [2.75, 3.05) is 25.5 Å². The first-order valence-electron chi connectivity index (χ1n) is 12.3. The predicted octanol–water partition coefficient (Wildman–Crippen LogP) is 6.18. The zero-order valence-corrected chi connectivity index (χ0v) is 22.2. The lowest BCUT2D eigenvalue weighted by atomic mass is 9.83. The van der Waals surface area contributed by atoms with Crippen LogP contribution < -0.4 is 15.4 Å². The number of methoxy groups -OCH3 is 1. The van der Waals surface area contributed by atoms with Gasteiger partial charge >= 0.3 is 6.18 Å². The highest BCUT2D eigenvalue weighted by Gasteiger charge is 2.47. The van der Waals surface area contributed by atoms with E-state index < -0.39 is 11.6 Å². The summed E-state index contributed by atoms with van der Waals surface area (Å²) in [4.78, 5) is 17.2. The van der Waals surface area contributed by atoms with Crippen LogP contribution in [0, 0.1) is 17.3 Å². The number of carbonyl (C=O) groups excluding carboxylic acids is 1. The van der Waals surface area contributed by atoms with E-state index in [0.29, 0.717) is 36.0 Å². The summed E-state index contributed by atoms with van der Waals surface area (Å²) in [5.41, 5.74) is -0.878. The Morgan fingerprint density at radius 1 is 1.25 bits per heavy atom. The van der Waals surface area contributed by atoms with Crippen LogP contribution in [0.5, 0.6) is 5.75 Å². The number of carbonyl (C=O) groups is 1. The van der Waals surface area contributed by atoms with Crippen LogP contribution in [0.3, 0.4) is 0 Å². The lowest BCUT2D eigenvalue weighted by Gasteiger charge is -2.28. The summed E-state index contributed by atoms with van der Waals surface area (Å²) in [6, 6.07) is 1.51. The van der Waals surface area contributed by atoms with Crippen LogP contribution in [-0.2, 0) is 6.54 Å². The van der Waals surface area contributed by atoms with Crippen LogP contribution in [0.1, 0.15) is 63.9 Å². The molecule has 1 saturated carbocycles. The molecule has 0 bridgehead atoms. The fourth-order valence-corrected chi connectivity index (χ4v) is 4.54. The number of aromatic nitrogens is 3. The minimum atomic E-state index is -4.36. The lowest BCUT2D eigenvalue weighted by molar-refractivity contribution is -0.206. The molecule has 7 nitrogen and oxygen atoms in total. The molecule has 2 heterocycles. The van der Waals surface area contributed by atoms with Gasteiger partial charge in [-0.3, -0.25) is 9.48 Å². The number of nitrogens with one attached hydrogen (secondary N) is 2. The van der Waals surface area contributed by atoms with E-state index in [4.69, 9.17) is 16.3 Å². The molecule has 2 aromatic heterocycles. The third kappa shape index (κ3) is 6.25. The van der Waals surface area contributed by atoms with Gasteiger partial charge in [-0.05, 0) is 45.4 Å². The number of anilines is 1. The van der Waals surface area contributed by atoms with Gasteiger partial charge in [-0.25, -0.2) is 4.98 Å². The molecule has 0 spiro atoms. The summed E-state index contributed by atoms with van der Waals surface area (Å²) in [6.45, 7) is 7.01. The normalized spacial score (nSPS) is 18.7. The maximum Gasteiger partial charge on any atom is 0.395 e. The van der Waals surface area contributed by atoms with Crippen LogP contribution in [0.25, 0.3) is 11.3 Å². The molecular formula is C25H35ClF3N5O2. The molecule has 0 aliphatic heterocycles. The number of alkyl halides is 3. The molecule has 11 heteroatoms. The van der Waals surface area contributed by atoms with E-state index in [1.807, 2.05) is 6.92 Å². The number of rotatable bonds is 9. The largest absolute Gasteiger partial charge is 0.496 e. The number of pyridine rings is 1. The minimum absolute atomic E-state index is 0.119. The van der Waals surface area contributed by atoms with Gasteiger partial charge in [0.1, 0.15) is 11.6 Å². The summed E-state index contributed by atoms with van der Waals surface area (Å²) < 4.78 is 46.7. The average molecular weight is 530 g/mol. The monoisotopic (exact) mass is 529 g/mol. The molecule has 3 rings (SSSR count). The van der Waals surface area contributed by atoms with Gasteiger partial charge in [0.2, 0.25) is 0 Å². The minimum Gasteiger partial charge on any atom is -0.496 e. The molecule has 1 aliphatic carbocycles. The second-order valence-corrected chi connectivity index (χ2v) is 10.5. The molecule has 200 valence electrons. The highest BCUT2D eigenvalue weighted by Crippen LogP contribution is 2.39. The molecule has 0 saturated heterocycles. The molecule has 1 aliphatic rings. The third-order valence-electron chi connectivity index (χ3n) is 6.92. The summed E-state index contributed by atoms with van der Waals surface area (Å²) in [5.74, 6) is 1.41. The van der Waals surface area contributed by atoms with Gasteiger partial charge in [0, 0.05) is 31.9 Å². The summed E-state index contributed by atoms with van der Waals surface area (Å²) >= 11 is 6.65. The first-order chi connectivity index (χ1) is 16.9. The van der Waals surface area contributed by atoms with E-state index in [2.05, 4.69) is 27.6 Å². The quantitative estimate of drug-likeness (QED) is 0.405. The Bertz CT molecular complexity index is 1060. The second-order valence-electron chi connectivity index (χ2n) is 10.2. The van der Waals surface area contributed by atoms with Crippen molar-refractivity contribution < 1.29 is 22.7 Å². The Morgan fingerprint density at radius 3 is 2.50 bits per heavy atom. The van der Waals surface area contributed by atoms with Crippen molar-refractivity contribution in [1.82, 2.24) is 20.1 Å². The molecule has 0 aromatic carbocycles. The topological polar surface area (TPSA) is 81.1 Å². The van der Waals surface area contributed by atoms with Gasteiger partial charge in [-0.2, -0.15) is 18.3 Å². The standard InChI is InChI=1S/C25H35ClF3N5O2/c1-6-34-22(20(26)21(33-34)23(35)31-12-16-9-7-15(2)8-10-16)17-13-30-19(11-18(17)36-5)32-14-24(3,4)25(27,28)29/h11,13,15-16H,6-10,12,14H2,1-5H3,(H,30,32)(H,31,35). The van der Waals surface area contributed by atoms with Crippen molar-refractivity contribution in [2.24, 2.45) is 17.3 Å². The number of aryl methyl sites for hydroxylation is 1. The highest BCUT2D eigenvalue weighted by molar-refractivity contribution is 6.36. The molecule has 0 radical (unpaired) electrons. The maximum atomic E-state index is 13.2. The van der Waals surface area contributed by atoms with E-state index in [0.717, 1.165) is 32.6 Å². The van der Waals surface area contributed by atoms with Crippen LogP contribution in [-0.4, -0.2) is 47.0 Å². The van der Waals surface area contributed by atoms with Crippen molar-refractivity contribution in [1.29, 1.82) is 0 Å². The molecule has 1 amide bonds. The Balaban J connectivity index is 1.80. The first kappa shape index (κ1) is 28.1. The second kappa shape index (κ2) is 11.3. The molecule has 36 heavy (non-hydrogen) atoms. The Hall–Kier alpha value is -2.49. The summed E-state index contributed by atoms with van der Waals surface area (Å²) in [7, 11) is 1.45. The van der Waals surface area contributed by atoms with Gasteiger partial charge in [0.05, 0.1) is 28.8 Å². The number of halogens is 4. The van der Waals surface area contributed by atoms with E-state index in [-0.39, 0.29) is 29.0 Å². The SMILES string of the molecule is CCn1nc(C(=O)NCC2CCC(C)CC2)c(Cl)c1-c1cnc(NCC(C)(C)C(F)(F)F)cc1OC. The van der Waals surface area contributed by atoms with E-state index in [9.17, 15) is 18.0 Å². The van der Waals surface area contributed by atoms with Crippen molar-refractivity contribution >= 4 is 23.3 Å². The van der Waals surface area contributed by atoms with Crippen molar-refractivity contribution in [3.05, 3.63) is 23.0 Å². The molecular weight excluding hydrogens is 495 g/mol. The number of hydrogen-bond donors (Lipinski definition) is 2. The van der Waals surface area contributed by atoms with Crippen LogP contribution in [0.15, 0.2) is 12.3 Å². The molecule has 0 unspecified atom stereocenters. The summed E-state index contributed by atoms with van der Waals surface area (Å²) in [6.07, 6.45) is 1.61. The van der Waals surface area contributed by atoms with Gasteiger partial charge in [0.25, 0.3) is 5.91 Å². The molecule has 0 atom stereocenters. The van der Waals surface area contributed by atoms with Crippen molar-refractivity contribution in [2.45, 2.75) is 66.1 Å². The van der Waals surface area contributed by atoms with Gasteiger partial charge in [-0.1, -0.05) is 31.4 Å². The van der Waals surface area contributed by atoms with Crippen LogP contribution in [0.2, 0.25) is 5.02 Å². The zero-order valence-electron chi connectivity index (χ0n) is 21.4. The number of nitrogens with zero attached hydrogens (tertiary/aromatic N) is 3. The maximum absolute atomic E-state index is 13.2. The molecule has 2 aromatic rings. The fourth-order valence-electron chi connectivity index (χ4n) is 4.22. The van der Waals surface area contributed by atoms with E-state index >= 15 is 0 Å². The van der Waals surface area contributed by atoms with Crippen molar-refractivity contribution in [3.8, 4) is 17.0 Å². The van der Waals surface area contributed by atoms with Gasteiger partial charge in [-0.15, -0.1) is 0 Å². The Morgan fingerprint density at radius 2 is 1.92 bits per heavy atom. The van der Waals surface area contributed by atoms with Gasteiger partial charge < -0.3 is 15.4 Å². The van der Waals surface area contributed by atoms with E-state index in [1.54, 1.807) is 4.68 Å². The van der Waals surface area contributed by atoms with Gasteiger partial charge in [0.15, 0.2) is 5.69 Å².